The molecule has 1 aromatic rings. The molecule has 0 amide bonds. The number of rotatable bonds is 4. The predicted octanol–water partition coefficient (Wildman–Crippen LogP) is 4.07. The first kappa shape index (κ1) is 14.5. The van der Waals surface area contributed by atoms with Crippen LogP contribution in [0.25, 0.3) is 0 Å². The largest absolute Gasteiger partial charge is 0.396 e. The Morgan fingerprint density at radius 3 is 2.84 bits per heavy atom. The van der Waals surface area contributed by atoms with Gasteiger partial charge >= 0.3 is 0 Å². The molecule has 1 aliphatic rings. The van der Waals surface area contributed by atoms with Gasteiger partial charge in [0.15, 0.2) is 0 Å². The number of benzene rings is 1. The summed E-state index contributed by atoms with van der Waals surface area (Å²) in [5.41, 5.74) is 7.59. The minimum atomic E-state index is 0.0171. The van der Waals surface area contributed by atoms with Crippen LogP contribution in [0.3, 0.4) is 0 Å². The summed E-state index contributed by atoms with van der Waals surface area (Å²) in [6.45, 7) is 5.19. The van der Waals surface area contributed by atoms with Crippen molar-refractivity contribution < 1.29 is 4.74 Å². The molecule has 3 N–H and O–H groups in total. The lowest BCUT2D eigenvalue weighted by Gasteiger charge is -2.40. The van der Waals surface area contributed by atoms with Crippen LogP contribution in [0.15, 0.2) is 18.2 Å². The summed E-state index contributed by atoms with van der Waals surface area (Å²) in [6.07, 6.45) is 4.12. The van der Waals surface area contributed by atoms with Crippen LogP contribution in [0, 0.1) is 0 Å². The third-order valence-electron chi connectivity index (χ3n) is 4.19. The van der Waals surface area contributed by atoms with E-state index in [0.29, 0.717) is 16.8 Å². The van der Waals surface area contributed by atoms with Crippen LogP contribution < -0.4 is 11.1 Å². The summed E-state index contributed by atoms with van der Waals surface area (Å²) in [5, 5.41) is 4.13. The maximum atomic E-state index is 6.05. The molecule has 0 aromatic heterocycles. The number of hydrogen-bond donors (Lipinski definition) is 2. The second kappa shape index (κ2) is 6.02. The summed E-state index contributed by atoms with van der Waals surface area (Å²) in [4.78, 5) is 0. The lowest BCUT2D eigenvalue weighted by Crippen LogP contribution is -2.43. The Balaban J connectivity index is 2.09. The van der Waals surface area contributed by atoms with Crippen molar-refractivity contribution in [3.8, 4) is 0 Å². The van der Waals surface area contributed by atoms with Gasteiger partial charge in [0, 0.05) is 12.6 Å². The van der Waals surface area contributed by atoms with Crippen LogP contribution in [0.5, 0.6) is 0 Å². The van der Waals surface area contributed by atoms with E-state index in [2.05, 4.69) is 19.2 Å². The first-order valence-electron chi connectivity index (χ1n) is 7.04. The quantitative estimate of drug-likeness (QED) is 0.818. The van der Waals surface area contributed by atoms with Crippen LogP contribution in [-0.4, -0.2) is 18.2 Å². The molecule has 19 heavy (non-hydrogen) atoms. The Bertz CT molecular complexity index is 432. The van der Waals surface area contributed by atoms with Gasteiger partial charge in [-0.3, -0.25) is 0 Å². The molecule has 0 saturated carbocycles. The molecular weight excluding hydrogens is 260 g/mol. The number of hydrogen-bond acceptors (Lipinski definition) is 3. The molecule has 0 spiro atoms. The fourth-order valence-electron chi connectivity index (χ4n) is 2.78. The first-order chi connectivity index (χ1) is 9.10. The molecule has 106 valence electrons. The SMILES string of the molecule is CCC1(CC)CC(Nc2cccc(Cl)c2N)CCO1. The third-order valence-corrected chi connectivity index (χ3v) is 4.52. The van der Waals surface area contributed by atoms with Gasteiger partial charge in [-0.05, 0) is 37.8 Å². The topological polar surface area (TPSA) is 47.3 Å². The Labute approximate surface area is 120 Å². The maximum Gasteiger partial charge on any atom is 0.0739 e. The van der Waals surface area contributed by atoms with Gasteiger partial charge < -0.3 is 15.8 Å². The fourth-order valence-corrected chi connectivity index (χ4v) is 2.95. The molecular formula is C15H23ClN2O. The lowest BCUT2D eigenvalue weighted by atomic mass is 9.86. The highest BCUT2D eigenvalue weighted by atomic mass is 35.5. The van der Waals surface area contributed by atoms with Crippen LogP contribution >= 0.6 is 11.6 Å². The van der Waals surface area contributed by atoms with E-state index in [1.165, 1.54) is 0 Å². The van der Waals surface area contributed by atoms with E-state index in [-0.39, 0.29) is 5.60 Å². The van der Waals surface area contributed by atoms with E-state index in [4.69, 9.17) is 22.1 Å². The molecule has 4 heteroatoms. The molecule has 2 rings (SSSR count). The second-order valence-corrected chi connectivity index (χ2v) is 5.68. The number of para-hydroxylation sites is 1. The van der Waals surface area contributed by atoms with Gasteiger partial charge in [0.25, 0.3) is 0 Å². The number of ether oxygens (including phenoxy) is 1. The van der Waals surface area contributed by atoms with Crippen LogP contribution in [0.2, 0.25) is 5.02 Å². The number of nitrogens with two attached hydrogens (primary N) is 1. The monoisotopic (exact) mass is 282 g/mol. The van der Waals surface area contributed by atoms with E-state index in [1.54, 1.807) is 0 Å². The van der Waals surface area contributed by atoms with Gasteiger partial charge in [0.1, 0.15) is 0 Å². The first-order valence-corrected chi connectivity index (χ1v) is 7.42. The van der Waals surface area contributed by atoms with E-state index in [0.717, 1.165) is 38.0 Å². The third kappa shape index (κ3) is 3.15. The molecule has 0 bridgehead atoms. The van der Waals surface area contributed by atoms with E-state index < -0.39 is 0 Å². The number of anilines is 2. The molecule has 1 saturated heterocycles. The van der Waals surface area contributed by atoms with Gasteiger partial charge in [-0.15, -0.1) is 0 Å². The molecule has 3 nitrogen and oxygen atoms in total. The molecule has 1 aliphatic heterocycles. The number of nitrogen functional groups attached to an aromatic ring is 1. The average Bonchev–Trinajstić information content (AvgIpc) is 2.44. The van der Waals surface area contributed by atoms with Crippen LogP contribution in [0.1, 0.15) is 39.5 Å². The predicted molar refractivity (Wildman–Crippen MR) is 81.8 cm³/mol. The van der Waals surface area contributed by atoms with Gasteiger partial charge in [0.05, 0.1) is 22.0 Å². The normalized spacial score (nSPS) is 22.2. The number of halogens is 1. The molecule has 1 unspecified atom stereocenters. The van der Waals surface area contributed by atoms with Gasteiger partial charge in [-0.2, -0.15) is 0 Å². The zero-order valence-corrected chi connectivity index (χ0v) is 12.5. The number of nitrogens with one attached hydrogen (secondary N) is 1. The summed E-state index contributed by atoms with van der Waals surface area (Å²) in [5.74, 6) is 0. The molecule has 0 radical (unpaired) electrons. The molecule has 1 atom stereocenters. The van der Waals surface area contributed by atoms with Crippen molar-refractivity contribution in [2.75, 3.05) is 17.7 Å². The zero-order valence-electron chi connectivity index (χ0n) is 11.7. The molecule has 1 aromatic carbocycles. The van der Waals surface area contributed by atoms with E-state index in [1.807, 2.05) is 18.2 Å². The van der Waals surface area contributed by atoms with E-state index >= 15 is 0 Å². The summed E-state index contributed by atoms with van der Waals surface area (Å²) in [6, 6.07) is 6.12. The highest BCUT2D eigenvalue weighted by Crippen LogP contribution is 2.34. The molecule has 1 fully saturated rings. The minimum Gasteiger partial charge on any atom is -0.396 e. The Morgan fingerprint density at radius 2 is 2.16 bits per heavy atom. The lowest BCUT2D eigenvalue weighted by molar-refractivity contribution is -0.0864. The van der Waals surface area contributed by atoms with Crippen molar-refractivity contribution in [1.82, 2.24) is 0 Å². The van der Waals surface area contributed by atoms with Crippen molar-refractivity contribution in [1.29, 1.82) is 0 Å². The van der Waals surface area contributed by atoms with Crippen LogP contribution in [0.4, 0.5) is 11.4 Å². The average molecular weight is 283 g/mol. The summed E-state index contributed by atoms with van der Waals surface area (Å²) < 4.78 is 5.99. The highest BCUT2D eigenvalue weighted by Gasteiger charge is 2.34. The molecule has 0 aliphatic carbocycles. The Hall–Kier alpha value is -0.930. The van der Waals surface area contributed by atoms with Crippen molar-refractivity contribution in [2.24, 2.45) is 0 Å². The Kier molecular flexibility index (Phi) is 4.58. The summed E-state index contributed by atoms with van der Waals surface area (Å²) >= 11 is 6.05. The van der Waals surface area contributed by atoms with Crippen LogP contribution in [-0.2, 0) is 4.74 Å². The van der Waals surface area contributed by atoms with E-state index in [9.17, 15) is 0 Å². The molecule has 1 heterocycles. The van der Waals surface area contributed by atoms with Gasteiger partial charge in [0.2, 0.25) is 0 Å². The fraction of sp³-hybridized carbons (Fsp3) is 0.600. The van der Waals surface area contributed by atoms with Crippen molar-refractivity contribution >= 4 is 23.0 Å². The summed E-state index contributed by atoms with van der Waals surface area (Å²) in [7, 11) is 0. The van der Waals surface area contributed by atoms with Crippen molar-refractivity contribution in [3.05, 3.63) is 23.2 Å². The van der Waals surface area contributed by atoms with Gasteiger partial charge in [-0.25, -0.2) is 0 Å². The minimum absolute atomic E-state index is 0.0171. The smallest absolute Gasteiger partial charge is 0.0739 e. The standard InChI is InChI=1S/C15H23ClN2O/c1-3-15(4-2)10-11(8-9-19-15)18-13-7-5-6-12(16)14(13)17/h5-7,11,18H,3-4,8-10,17H2,1-2H3. The van der Waals surface area contributed by atoms with Crippen molar-refractivity contribution in [3.63, 3.8) is 0 Å². The highest BCUT2D eigenvalue weighted by molar-refractivity contribution is 6.33. The van der Waals surface area contributed by atoms with Gasteiger partial charge in [-0.1, -0.05) is 31.5 Å². The zero-order chi connectivity index (χ0) is 13.9. The van der Waals surface area contributed by atoms with Crippen molar-refractivity contribution in [2.45, 2.75) is 51.2 Å². The Morgan fingerprint density at radius 1 is 1.42 bits per heavy atom. The maximum absolute atomic E-state index is 6.05. The second-order valence-electron chi connectivity index (χ2n) is 5.27.